The first-order valence-corrected chi connectivity index (χ1v) is 8.00. The normalized spacial score (nSPS) is 16.8. The van der Waals surface area contributed by atoms with Gasteiger partial charge in [-0.3, -0.25) is 4.79 Å². The Morgan fingerprint density at radius 3 is 2.40 bits per heavy atom. The zero-order chi connectivity index (χ0) is 15.5. The first kappa shape index (κ1) is 18.9. The standard InChI is InChI=1S/C18H33NO/c1-7-10-12-14(4)15(5)17(9-3)16(6)18(20)19-13-11-8-2/h8-9,14-17H,2-3,7,10-13H2,1,4-6H3,(H,19,20). The van der Waals surface area contributed by atoms with Gasteiger partial charge in [-0.15, -0.1) is 13.2 Å². The van der Waals surface area contributed by atoms with E-state index in [1.807, 2.05) is 19.1 Å². The van der Waals surface area contributed by atoms with Crippen LogP contribution in [-0.2, 0) is 4.79 Å². The molecule has 0 aliphatic carbocycles. The van der Waals surface area contributed by atoms with Crippen LogP contribution in [0.25, 0.3) is 0 Å². The molecule has 0 aromatic heterocycles. The first-order valence-electron chi connectivity index (χ1n) is 8.00. The number of unbranched alkanes of at least 4 members (excludes halogenated alkanes) is 1. The summed E-state index contributed by atoms with van der Waals surface area (Å²) >= 11 is 0. The highest BCUT2D eigenvalue weighted by atomic mass is 16.1. The molecule has 0 heterocycles. The maximum absolute atomic E-state index is 12.2. The second kappa shape index (κ2) is 10.7. The summed E-state index contributed by atoms with van der Waals surface area (Å²) in [5, 5.41) is 2.98. The molecule has 116 valence electrons. The van der Waals surface area contributed by atoms with Crippen molar-refractivity contribution in [1.82, 2.24) is 5.32 Å². The molecule has 1 amide bonds. The molecule has 4 atom stereocenters. The molecule has 20 heavy (non-hydrogen) atoms. The van der Waals surface area contributed by atoms with E-state index in [4.69, 9.17) is 0 Å². The largest absolute Gasteiger partial charge is 0.356 e. The van der Waals surface area contributed by atoms with Gasteiger partial charge in [0.25, 0.3) is 0 Å². The van der Waals surface area contributed by atoms with Crippen LogP contribution in [-0.4, -0.2) is 12.5 Å². The number of hydrogen-bond donors (Lipinski definition) is 1. The van der Waals surface area contributed by atoms with Crippen LogP contribution in [0.1, 0.15) is 53.4 Å². The van der Waals surface area contributed by atoms with Crippen LogP contribution < -0.4 is 5.32 Å². The molecule has 0 rings (SSSR count). The molecule has 0 aromatic rings. The molecule has 0 aliphatic rings. The second-order valence-electron chi connectivity index (χ2n) is 5.95. The van der Waals surface area contributed by atoms with E-state index in [1.165, 1.54) is 19.3 Å². The number of hydrogen-bond acceptors (Lipinski definition) is 1. The molecule has 0 fully saturated rings. The lowest BCUT2D eigenvalue weighted by molar-refractivity contribution is -0.126. The van der Waals surface area contributed by atoms with Gasteiger partial charge in [0.1, 0.15) is 0 Å². The second-order valence-corrected chi connectivity index (χ2v) is 5.95. The minimum absolute atomic E-state index is 0.0172. The molecular formula is C18H33NO. The molecule has 4 unspecified atom stereocenters. The van der Waals surface area contributed by atoms with E-state index in [-0.39, 0.29) is 17.7 Å². The Kier molecular flexibility index (Phi) is 10.1. The van der Waals surface area contributed by atoms with Gasteiger partial charge in [-0.25, -0.2) is 0 Å². The molecule has 2 nitrogen and oxygen atoms in total. The van der Waals surface area contributed by atoms with Crippen molar-refractivity contribution in [3.63, 3.8) is 0 Å². The highest BCUT2D eigenvalue weighted by Crippen LogP contribution is 2.31. The molecule has 1 N–H and O–H groups in total. The van der Waals surface area contributed by atoms with Crippen LogP contribution in [0, 0.1) is 23.7 Å². The molecule has 0 saturated carbocycles. The van der Waals surface area contributed by atoms with Gasteiger partial charge in [-0.2, -0.15) is 0 Å². The van der Waals surface area contributed by atoms with E-state index < -0.39 is 0 Å². The predicted molar refractivity (Wildman–Crippen MR) is 88.5 cm³/mol. The number of allylic oxidation sites excluding steroid dienone is 1. The van der Waals surface area contributed by atoms with Crippen LogP contribution >= 0.6 is 0 Å². The Hall–Kier alpha value is -1.05. The van der Waals surface area contributed by atoms with E-state index in [0.29, 0.717) is 18.4 Å². The van der Waals surface area contributed by atoms with Gasteiger partial charge in [0.05, 0.1) is 0 Å². The summed E-state index contributed by atoms with van der Waals surface area (Å²) in [6.45, 7) is 17.1. The van der Waals surface area contributed by atoms with Crippen molar-refractivity contribution in [3.8, 4) is 0 Å². The van der Waals surface area contributed by atoms with Gasteiger partial charge < -0.3 is 5.32 Å². The van der Waals surface area contributed by atoms with Crippen molar-refractivity contribution in [2.45, 2.75) is 53.4 Å². The highest BCUT2D eigenvalue weighted by Gasteiger charge is 2.28. The number of rotatable bonds is 11. The van der Waals surface area contributed by atoms with Crippen molar-refractivity contribution in [1.29, 1.82) is 0 Å². The van der Waals surface area contributed by atoms with Crippen LogP contribution in [0.2, 0.25) is 0 Å². The number of carbonyl (C=O) groups excluding carboxylic acids is 1. The lowest BCUT2D eigenvalue weighted by atomic mass is 9.75. The zero-order valence-electron chi connectivity index (χ0n) is 13.8. The average molecular weight is 279 g/mol. The Labute approximate surface area is 125 Å². The van der Waals surface area contributed by atoms with Gasteiger partial charge in [0.2, 0.25) is 5.91 Å². The Balaban J connectivity index is 4.50. The summed E-state index contributed by atoms with van der Waals surface area (Å²) in [4.78, 5) is 12.2. The van der Waals surface area contributed by atoms with E-state index in [0.717, 1.165) is 6.42 Å². The third-order valence-electron chi connectivity index (χ3n) is 4.43. The van der Waals surface area contributed by atoms with Crippen LogP contribution in [0.5, 0.6) is 0 Å². The number of nitrogens with one attached hydrogen (secondary N) is 1. The molecule has 0 spiro atoms. The topological polar surface area (TPSA) is 29.1 Å². The molecule has 0 aromatic carbocycles. The summed E-state index contributed by atoms with van der Waals surface area (Å²) in [5.74, 6) is 1.47. The molecule has 0 radical (unpaired) electrons. The van der Waals surface area contributed by atoms with Crippen molar-refractivity contribution >= 4 is 5.91 Å². The number of amides is 1. The average Bonchev–Trinajstić information content (AvgIpc) is 2.45. The summed E-state index contributed by atoms with van der Waals surface area (Å²) in [6.07, 6.45) is 8.32. The quantitative estimate of drug-likeness (QED) is 0.435. The first-order chi connectivity index (χ1) is 9.49. The maximum atomic E-state index is 12.2. The SMILES string of the molecule is C=CCCNC(=O)C(C)C(C=C)C(C)C(C)CCCC. The third kappa shape index (κ3) is 6.40. The summed E-state index contributed by atoms with van der Waals surface area (Å²) in [5.41, 5.74) is 0. The van der Waals surface area contributed by atoms with E-state index in [1.54, 1.807) is 0 Å². The van der Waals surface area contributed by atoms with E-state index in [9.17, 15) is 4.79 Å². The molecule has 0 saturated heterocycles. The Morgan fingerprint density at radius 1 is 1.25 bits per heavy atom. The smallest absolute Gasteiger partial charge is 0.223 e. The van der Waals surface area contributed by atoms with Gasteiger partial charge in [-0.05, 0) is 24.2 Å². The maximum Gasteiger partial charge on any atom is 0.223 e. The Morgan fingerprint density at radius 2 is 1.90 bits per heavy atom. The molecule has 0 aliphatic heterocycles. The minimum Gasteiger partial charge on any atom is -0.356 e. The van der Waals surface area contributed by atoms with Crippen molar-refractivity contribution in [2.24, 2.45) is 23.7 Å². The monoisotopic (exact) mass is 279 g/mol. The molecule has 0 bridgehead atoms. The molecule has 2 heteroatoms. The lowest BCUT2D eigenvalue weighted by Gasteiger charge is -2.30. The minimum atomic E-state index is -0.0172. The van der Waals surface area contributed by atoms with Crippen molar-refractivity contribution in [2.75, 3.05) is 6.54 Å². The number of carbonyl (C=O) groups is 1. The van der Waals surface area contributed by atoms with Crippen molar-refractivity contribution < 1.29 is 4.79 Å². The van der Waals surface area contributed by atoms with Gasteiger partial charge in [0, 0.05) is 12.5 Å². The third-order valence-corrected chi connectivity index (χ3v) is 4.43. The summed E-state index contributed by atoms with van der Waals surface area (Å²) < 4.78 is 0. The van der Waals surface area contributed by atoms with E-state index in [2.05, 4.69) is 39.2 Å². The summed E-state index contributed by atoms with van der Waals surface area (Å²) in [7, 11) is 0. The Bertz CT molecular complexity index is 298. The van der Waals surface area contributed by atoms with Gasteiger partial charge in [-0.1, -0.05) is 59.1 Å². The lowest BCUT2D eigenvalue weighted by Crippen LogP contribution is -2.36. The fourth-order valence-electron chi connectivity index (χ4n) is 2.68. The fourth-order valence-corrected chi connectivity index (χ4v) is 2.68. The van der Waals surface area contributed by atoms with Crippen LogP contribution in [0.3, 0.4) is 0 Å². The van der Waals surface area contributed by atoms with Gasteiger partial charge in [0.15, 0.2) is 0 Å². The fraction of sp³-hybridized carbons (Fsp3) is 0.722. The van der Waals surface area contributed by atoms with Crippen molar-refractivity contribution in [3.05, 3.63) is 25.3 Å². The summed E-state index contributed by atoms with van der Waals surface area (Å²) in [6, 6.07) is 0. The highest BCUT2D eigenvalue weighted by molar-refractivity contribution is 5.78. The zero-order valence-corrected chi connectivity index (χ0v) is 13.8. The molecular weight excluding hydrogens is 246 g/mol. The van der Waals surface area contributed by atoms with Gasteiger partial charge >= 0.3 is 0 Å². The van der Waals surface area contributed by atoms with Crippen LogP contribution in [0.15, 0.2) is 25.3 Å². The van der Waals surface area contributed by atoms with Crippen LogP contribution in [0.4, 0.5) is 0 Å². The van der Waals surface area contributed by atoms with E-state index >= 15 is 0 Å². The predicted octanol–water partition coefficient (Wildman–Crippen LogP) is 4.58.